The SMILES string of the molecule is Cc1cc(-c2[c-]cccc2)ncc1[Si](C)(C)C.[2H]C([2H])(c1cc(-c2[c-]c3ccccc3c3c2sc2c4ccccc4ccc23)ncc1F)C(C)(C)C.[Ir]. The van der Waals surface area contributed by atoms with Crippen LogP contribution in [0.1, 0.15) is 34.6 Å². The summed E-state index contributed by atoms with van der Waals surface area (Å²) in [6.07, 6.45) is 1.32. The molecule has 0 saturated carbocycles. The van der Waals surface area contributed by atoms with Crippen molar-refractivity contribution >= 4 is 66.3 Å². The second-order valence-electron chi connectivity index (χ2n) is 14.9. The molecule has 1 radical (unpaired) electrons. The molecule has 259 valence electrons. The summed E-state index contributed by atoms with van der Waals surface area (Å²) in [6, 6.07) is 39.3. The molecular formula is C45H41FIrN2SSi-2. The van der Waals surface area contributed by atoms with Crippen LogP contribution in [0.3, 0.4) is 0 Å². The van der Waals surface area contributed by atoms with E-state index in [0.717, 1.165) is 43.9 Å². The van der Waals surface area contributed by atoms with Crippen LogP contribution in [0, 0.1) is 30.3 Å². The molecule has 2 nitrogen and oxygen atoms in total. The monoisotopic (exact) mass is 883 g/mol. The van der Waals surface area contributed by atoms with Crippen molar-refractivity contribution < 1.29 is 27.2 Å². The van der Waals surface area contributed by atoms with Crippen LogP contribution in [-0.2, 0) is 26.5 Å². The number of hydrogen-bond donors (Lipinski definition) is 0. The van der Waals surface area contributed by atoms with E-state index in [2.05, 4.69) is 103 Å². The smallest absolute Gasteiger partial charge is 0.143 e. The minimum atomic E-state index is -1.87. The average molecular weight is 883 g/mol. The van der Waals surface area contributed by atoms with Gasteiger partial charge < -0.3 is 4.98 Å². The summed E-state index contributed by atoms with van der Waals surface area (Å²) in [6.45, 7) is 14.6. The van der Waals surface area contributed by atoms with Gasteiger partial charge in [0.05, 0.1) is 14.3 Å². The van der Waals surface area contributed by atoms with Crippen molar-refractivity contribution in [1.82, 2.24) is 9.97 Å². The maximum atomic E-state index is 14.9. The Morgan fingerprint density at radius 1 is 0.804 bits per heavy atom. The van der Waals surface area contributed by atoms with Gasteiger partial charge in [0, 0.05) is 39.4 Å². The molecule has 0 unspecified atom stereocenters. The first-order valence-electron chi connectivity index (χ1n) is 17.9. The predicted octanol–water partition coefficient (Wildman–Crippen LogP) is 12.4. The molecule has 5 aromatic carbocycles. The summed E-state index contributed by atoms with van der Waals surface area (Å²) in [7, 11) is -1.27. The van der Waals surface area contributed by atoms with E-state index in [-0.39, 0.29) is 25.7 Å². The predicted molar refractivity (Wildman–Crippen MR) is 216 cm³/mol. The minimum absolute atomic E-state index is 0. The fourth-order valence-corrected chi connectivity index (χ4v) is 9.63. The number of hydrogen-bond acceptors (Lipinski definition) is 3. The number of benzene rings is 5. The Morgan fingerprint density at radius 3 is 2.22 bits per heavy atom. The van der Waals surface area contributed by atoms with Crippen molar-refractivity contribution in [1.29, 1.82) is 0 Å². The van der Waals surface area contributed by atoms with Crippen molar-refractivity contribution in [3.8, 4) is 22.5 Å². The van der Waals surface area contributed by atoms with E-state index in [4.69, 9.17) is 2.74 Å². The first-order chi connectivity index (χ1) is 24.6. The van der Waals surface area contributed by atoms with Crippen molar-refractivity contribution in [2.75, 3.05) is 0 Å². The molecule has 0 aliphatic rings. The fourth-order valence-electron chi connectivity index (χ4n) is 6.57. The van der Waals surface area contributed by atoms with E-state index in [1.54, 1.807) is 38.2 Å². The molecule has 0 aliphatic carbocycles. The van der Waals surface area contributed by atoms with Crippen LogP contribution in [0.4, 0.5) is 4.39 Å². The van der Waals surface area contributed by atoms with Gasteiger partial charge in [-0.15, -0.1) is 53.4 Å². The Balaban J connectivity index is 0.000000226. The van der Waals surface area contributed by atoms with Gasteiger partial charge in [0.2, 0.25) is 0 Å². The summed E-state index contributed by atoms with van der Waals surface area (Å²) in [5, 5.41) is 8.18. The number of halogens is 1. The molecule has 0 bridgehead atoms. The normalized spacial score (nSPS) is 12.7. The molecule has 51 heavy (non-hydrogen) atoms. The van der Waals surface area contributed by atoms with Crippen molar-refractivity contribution in [3.63, 3.8) is 0 Å². The third-order valence-electron chi connectivity index (χ3n) is 8.79. The number of thiophene rings is 1. The molecule has 6 heteroatoms. The van der Waals surface area contributed by atoms with Gasteiger partial charge in [-0.1, -0.05) is 129 Å². The van der Waals surface area contributed by atoms with E-state index in [9.17, 15) is 4.39 Å². The van der Waals surface area contributed by atoms with E-state index in [1.807, 2.05) is 42.5 Å². The van der Waals surface area contributed by atoms with Gasteiger partial charge in [0.1, 0.15) is 5.82 Å². The van der Waals surface area contributed by atoms with Crippen molar-refractivity contribution in [2.45, 2.75) is 53.7 Å². The van der Waals surface area contributed by atoms with Crippen LogP contribution in [0.2, 0.25) is 19.6 Å². The Bertz CT molecular complexity index is 2610. The summed E-state index contributed by atoms with van der Waals surface area (Å²) in [5.41, 5.74) is 3.98. The number of rotatable bonds is 4. The van der Waals surface area contributed by atoms with Crippen LogP contribution in [0.5, 0.6) is 0 Å². The van der Waals surface area contributed by atoms with Gasteiger partial charge in [-0.2, -0.15) is 11.3 Å². The first kappa shape index (κ1) is 34.0. The molecule has 8 aromatic rings. The number of pyridine rings is 2. The second-order valence-corrected chi connectivity index (χ2v) is 20.9. The van der Waals surface area contributed by atoms with E-state index < -0.39 is 25.7 Å². The van der Waals surface area contributed by atoms with Crippen molar-refractivity contribution in [2.24, 2.45) is 5.41 Å². The van der Waals surface area contributed by atoms with Crippen LogP contribution < -0.4 is 5.19 Å². The van der Waals surface area contributed by atoms with Crippen LogP contribution in [0.25, 0.3) is 64.2 Å². The molecule has 0 N–H and O–H groups in total. The molecule has 3 aromatic heterocycles. The van der Waals surface area contributed by atoms with Gasteiger partial charge >= 0.3 is 0 Å². The average Bonchev–Trinajstić information content (AvgIpc) is 3.52. The fraction of sp³-hybridized carbons (Fsp3) is 0.200. The first-order valence-corrected chi connectivity index (χ1v) is 21.3. The Kier molecular flexibility index (Phi) is 9.69. The van der Waals surface area contributed by atoms with Gasteiger partial charge in [-0.05, 0) is 56.0 Å². The summed E-state index contributed by atoms with van der Waals surface area (Å²) >= 11 is 1.69. The molecular weight excluding hydrogens is 840 g/mol. The maximum Gasteiger partial charge on any atom is 0.143 e. The van der Waals surface area contributed by atoms with Gasteiger partial charge in [-0.3, -0.25) is 4.98 Å². The van der Waals surface area contributed by atoms with Crippen LogP contribution in [0.15, 0.2) is 109 Å². The minimum Gasteiger partial charge on any atom is -0.305 e. The van der Waals surface area contributed by atoms with Gasteiger partial charge in [0.15, 0.2) is 0 Å². The standard InChI is InChI=1S/C30H23FNS.C15H18NSi.Ir/c1-30(2,3)16-20-15-26(32-17-25(20)31)24-14-19-9-5-6-10-21(19)27-23-13-12-18-8-4-7-11-22(18)28(23)33-29(24)27;1-12-10-14(13-8-6-5-7-9-13)16-11-15(12)17(2,3)4;/h4-13,15,17H,16H2,1-3H3;5-8,10-11H,1-4H3;/q2*-1;/i16D2;;. The molecule has 3 heterocycles. The zero-order chi connectivity index (χ0) is 37.0. The molecule has 0 spiro atoms. The molecule has 8 rings (SSSR count). The molecule has 0 atom stereocenters. The molecule has 0 fully saturated rings. The molecule has 0 saturated heterocycles. The van der Waals surface area contributed by atoms with E-state index >= 15 is 0 Å². The zero-order valence-corrected chi connectivity index (χ0v) is 34.1. The third-order valence-corrected chi connectivity index (χ3v) is 12.2. The topological polar surface area (TPSA) is 25.8 Å². The number of aromatic nitrogens is 2. The largest absolute Gasteiger partial charge is 0.305 e. The second kappa shape index (κ2) is 14.5. The maximum absolute atomic E-state index is 14.9. The van der Waals surface area contributed by atoms with Gasteiger partial charge in [0.25, 0.3) is 0 Å². The summed E-state index contributed by atoms with van der Waals surface area (Å²) in [5.74, 6) is -0.631. The Labute approximate surface area is 322 Å². The Morgan fingerprint density at radius 2 is 1.51 bits per heavy atom. The number of fused-ring (bicyclic) bond motifs is 7. The summed E-state index contributed by atoms with van der Waals surface area (Å²) < 4.78 is 34.5. The van der Waals surface area contributed by atoms with E-state index in [1.165, 1.54) is 31.6 Å². The van der Waals surface area contributed by atoms with Crippen LogP contribution in [-0.4, -0.2) is 18.0 Å². The quantitative estimate of drug-likeness (QED) is 0.130. The number of aryl methyl sites for hydroxylation is 1. The van der Waals surface area contributed by atoms with E-state index in [0.29, 0.717) is 5.69 Å². The van der Waals surface area contributed by atoms with Crippen LogP contribution >= 0.6 is 11.3 Å². The molecule has 0 aliphatic heterocycles. The Hall–Kier alpha value is -4.06. The van der Waals surface area contributed by atoms with Crippen molar-refractivity contribution in [3.05, 3.63) is 139 Å². The molecule has 0 amide bonds. The number of nitrogens with zero attached hydrogens (tertiary/aromatic N) is 2. The van der Waals surface area contributed by atoms with Gasteiger partial charge in [-0.25, -0.2) is 4.39 Å². The summed E-state index contributed by atoms with van der Waals surface area (Å²) in [4.78, 5) is 9.01. The zero-order valence-electron chi connectivity index (χ0n) is 31.9. The third kappa shape index (κ3) is 7.61.